The van der Waals surface area contributed by atoms with E-state index in [1.165, 1.54) is 0 Å². The average Bonchev–Trinajstić information content (AvgIpc) is 2.79. The highest BCUT2D eigenvalue weighted by Crippen LogP contribution is 2.32. The Morgan fingerprint density at radius 1 is 1.08 bits per heavy atom. The van der Waals surface area contributed by atoms with Crippen molar-refractivity contribution in [1.82, 2.24) is 14.7 Å². The van der Waals surface area contributed by atoms with Gasteiger partial charge in [0.25, 0.3) is 0 Å². The van der Waals surface area contributed by atoms with E-state index in [9.17, 15) is 4.79 Å². The van der Waals surface area contributed by atoms with Gasteiger partial charge in [0.05, 0.1) is 5.92 Å². The van der Waals surface area contributed by atoms with E-state index in [2.05, 4.69) is 47.9 Å². The van der Waals surface area contributed by atoms with Crippen LogP contribution < -0.4 is 0 Å². The lowest BCUT2D eigenvalue weighted by atomic mass is 9.85. The van der Waals surface area contributed by atoms with E-state index >= 15 is 0 Å². The topological polar surface area (TPSA) is 26.8 Å². The van der Waals surface area contributed by atoms with Gasteiger partial charge in [-0.2, -0.15) is 0 Å². The van der Waals surface area contributed by atoms with E-state index < -0.39 is 0 Å². The molecule has 0 unspecified atom stereocenters. The van der Waals surface area contributed by atoms with Crippen molar-refractivity contribution in [3.63, 3.8) is 0 Å². The standard InChI is InChI=1S/C21H33N3O/c1-4-19(18-9-6-5-7-10-18)20(25)24-14-8-13-23(3)21(17-24)11-15-22(2)16-12-21/h5-7,9-10,19H,4,8,11-17H2,1-3H3/t19-/m0/s1. The Kier molecular flexibility index (Phi) is 5.80. The van der Waals surface area contributed by atoms with Crippen LogP contribution in [0.15, 0.2) is 30.3 Å². The third-order valence-electron chi connectivity index (χ3n) is 6.35. The molecular weight excluding hydrogens is 310 g/mol. The number of amides is 1. The lowest BCUT2D eigenvalue weighted by molar-refractivity contribution is -0.134. The molecule has 2 aliphatic rings. The number of hydrogen-bond acceptors (Lipinski definition) is 3. The van der Waals surface area contributed by atoms with Gasteiger partial charge in [0.2, 0.25) is 5.91 Å². The van der Waals surface area contributed by atoms with Gasteiger partial charge in [-0.15, -0.1) is 0 Å². The van der Waals surface area contributed by atoms with E-state index in [1.54, 1.807) is 0 Å². The Balaban J connectivity index is 1.79. The van der Waals surface area contributed by atoms with Crippen LogP contribution in [0.25, 0.3) is 0 Å². The Bertz CT molecular complexity index is 566. The summed E-state index contributed by atoms with van der Waals surface area (Å²) in [4.78, 5) is 20.5. The Labute approximate surface area is 152 Å². The van der Waals surface area contributed by atoms with Crippen LogP contribution in [0.4, 0.5) is 0 Å². The van der Waals surface area contributed by atoms with E-state index in [4.69, 9.17) is 0 Å². The molecule has 1 aromatic carbocycles. The summed E-state index contributed by atoms with van der Waals surface area (Å²) >= 11 is 0. The molecule has 0 radical (unpaired) electrons. The number of carbonyl (C=O) groups is 1. The molecule has 0 bridgehead atoms. The third-order valence-corrected chi connectivity index (χ3v) is 6.35. The van der Waals surface area contributed by atoms with E-state index in [0.717, 1.165) is 64.0 Å². The third kappa shape index (κ3) is 3.90. The number of hydrogen-bond donors (Lipinski definition) is 0. The highest BCUT2D eigenvalue weighted by atomic mass is 16.2. The van der Waals surface area contributed by atoms with Gasteiger partial charge in [-0.1, -0.05) is 37.3 Å². The number of carbonyl (C=O) groups excluding carboxylic acids is 1. The van der Waals surface area contributed by atoms with Crippen LogP contribution in [0.2, 0.25) is 0 Å². The van der Waals surface area contributed by atoms with Crippen molar-refractivity contribution in [2.75, 3.05) is 46.8 Å². The first-order valence-electron chi connectivity index (χ1n) is 9.79. The molecule has 2 heterocycles. The molecule has 4 nitrogen and oxygen atoms in total. The van der Waals surface area contributed by atoms with E-state index in [-0.39, 0.29) is 11.5 Å². The lowest BCUT2D eigenvalue weighted by Gasteiger charge is -2.47. The second kappa shape index (κ2) is 7.88. The summed E-state index contributed by atoms with van der Waals surface area (Å²) in [6.07, 6.45) is 4.26. The second-order valence-electron chi connectivity index (χ2n) is 7.93. The Hall–Kier alpha value is -1.39. The molecule has 0 aromatic heterocycles. The summed E-state index contributed by atoms with van der Waals surface area (Å²) in [5.74, 6) is 0.315. The van der Waals surface area contributed by atoms with E-state index in [1.807, 2.05) is 18.2 Å². The predicted octanol–water partition coefficient (Wildman–Crippen LogP) is 2.81. The van der Waals surface area contributed by atoms with Gasteiger partial charge in [-0.25, -0.2) is 0 Å². The first kappa shape index (κ1) is 18.4. The highest BCUT2D eigenvalue weighted by molar-refractivity contribution is 5.83. The minimum atomic E-state index is -0.00656. The Morgan fingerprint density at radius 2 is 1.76 bits per heavy atom. The van der Waals surface area contributed by atoms with Crippen LogP contribution in [-0.2, 0) is 4.79 Å². The van der Waals surface area contributed by atoms with Crippen LogP contribution in [0.3, 0.4) is 0 Å². The fourth-order valence-corrected chi connectivity index (χ4v) is 4.51. The van der Waals surface area contributed by atoms with Crippen LogP contribution in [0.5, 0.6) is 0 Å². The number of nitrogens with zero attached hydrogens (tertiary/aromatic N) is 3. The monoisotopic (exact) mass is 343 g/mol. The molecule has 2 fully saturated rings. The summed E-state index contributed by atoms with van der Waals surface area (Å²) in [7, 11) is 4.46. The van der Waals surface area contributed by atoms with Crippen molar-refractivity contribution in [3.05, 3.63) is 35.9 Å². The molecular formula is C21H33N3O. The molecule has 1 atom stereocenters. The van der Waals surface area contributed by atoms with Crippen molar-refractivity contribution in [3.8, 4) is 0 Å². The molecule has 1 amide bonds. The van der Waals surface area contributed by atoms with Gasteiger partial charge in [0.15, 0.2) is 0 Å². The smallest absolute Gasteiger partial charge is 0.230 e. The number of piperidine rings is 1. The van der Waals surface area contributed by atoms with Crippen molar-refractivity contribution in [2.45, 2.75) is 44.1 Å². The van der Waals surface area contributed by atoms with Crippen LogP contribution in [-0.4, -0.2) is 73.0 Å². The molecule has 0 N–H and O–H groups in total. The second-order valence-corrected chi connectivity index (χ2v) is 7.93. The largest absolute Gasteiger partial charge is 0.340 e. The molecule has 3 rings (SSSR count). The van der Waals surface area contributed by atoms with Gasteiger partial charge < -0.3 is 9.80 Å². The van der Waals surface area contributed by atoms with Crippen LogP contribution >= 0.6 is 0 Å². The minimum Gasteiger partial charge on any atom is -0.340 e. The number of rotatable bonds is 3. The number of likely N-dealkylation sites (tertiary alicyclic amines) is 1. The molecule has 0 saturated carbocycles. The van der Waals surface area contributed by atoms with Gasteiger partial charge in [0, 0.05) is 25.2 Å². The first-order valence-corrected chi connectivity index (χ1v) is 9.79. The quantitative estimate of drug-likeness (QED) is 0.844. The Morgan fingerprint density at radius 3 is 2.40 bits per heavy atom. The van der Waals surface area contributed by atoms with Gasteiger partial charge >= 0.3 is 0 Å². The number of benzene rings is 1. The van der Waals surface area contributed by atoms with Gasteiger partial charge in [-0.3, -0.25) is 9.69 Å². The van der Waals surface area contributed by atoms with E-state index in [0.29, 0.717) is 5.91 Å². The fraction of sp³-hybridized carbons (Fsp3) is 0.667. The van der Waals surface area contributed by atoms with Gasteiger partial charge in [-0.05, 0) is 58.4 Å². The summed E-state index contributed by atoms with van der Waals surface area (Å²) in [5, 5.41) is 0. The summed E-state index contributed by atoms with van der Waals surface area (Å²) in [5.41, 5.74) is 1.32. The predicted molar refractivity (Wildman–Crippen MR) is 103 cm³/mol. The summed E-state index contributed by atoms with van der Waals surface area (Å²) in [6.45, 7) is 7.26. The number of likely N-dealkylation sites (N-methyl/N-ethyl adjacent to an activating group) is 1. The SMILES string of the molecule is CC[C@H](C(=O)N1CCCN(C)C2(CCN(C)CC2)C1)c1ccccc1. The molecule has 4 heteroatoms. The maximum absolute atomic E-state index is 13.4. The first-order chi connectivity index (χ1) is 12.1. The summed E-state index contributed by atoms with van der Waals surface area (Å²) < 4.78 is 0. The van der Waals surface area contributed by atoms with Gasteiger partial charge in [0.1, 0.15) is 0 Å². The van der Waals surface area contributed by atoms with Crippen molar-refractivity contribution in [2.24, 2.45) is 0 Å². The maximum Gasteiger partial charge on any atom is 0.230 e. The van der Waals surface area contributed by atoms with Crippen molar-refractivity contribution < 1.29 is 4.79 Å². The van der Waals surface area contributed by atoms with Crippen molar-refractivity contribution >= 4 is 5.91 Å². The minimum absolute atomic E-state index is 0.00656. The summed E-state index contributed by atoms with van der Waals surface area (Å²) in [6, 6.07) is 10.3. The van der Waals surface area contributed by atoms with Crippen LogP contribution in [0, 0.1) is 0 Å². The fourth-order valence-electron chi connectivity index (χ4n) is 4.51. The maximum atomic E-state index is 13.4. The molecule has 1 aromatic rings. The molecule has 2 saturated heterocycles. The molecule has 2 aliphatic heterocycles. The molecule has 0 aliphatic carbocycles. The van der Waals surface area contributed by atoms with Crippen LogP contribution in [0.1, 0.15) is 44.1 Å². The zero-order valence-electron chi connectivity index (χ0n) is 16.1. The normalized spacial score (nSPS) is 23.4. The molecule has 138 valence electrons. The lowest BCUT2D eigenvalue weighted by Crippen LogP contribution is -2.58. The average molecular weight is 344 g/mol. The zero-order chi connectivity index (χ0) is 17.9. The highest BCUT2D eigenvalue weighted by Gasteiger charge is 2.42. The van der Waals surface area contributed by atoms with Crippen molar-refractivity contribution in [1.29, 1.82) is 0 Å². The molecule has 25 heavy (non-hydrogen) atoms. The molecule has 1 spiro atoms. The zero-order valence-corrected chi connectivity index (χ0v) is 16.1.